The van der Waals surface area contributed by atoms with E-state index in [4.69, 9.17) is 0 Å². The lowest BCUT2D eigenvalue weighted by molar-refractivity contribution is 0.0935. The highest BCUT2D eigenvalue weighted by atomic mass is 16.1. The molecule has 0 spiro atoms. The molecular weight excluding hydrogens is 312 g/mol. The zero-order valence-corrected chi connectivity index (χ0v) is 14.0. The van der Waals surface area contributed by atoms with Gasteiger partial charge in [-0.1, -0.05) is 60.7 Å². The SMILES string of the molecule is CC(NC(=O)c1ccnc(NCc2ccccc2)n1)c1ccccc1. The van der Waals surface area contributed by atoms with Crippen LogP contribution in [0.3, 0.4) is 0 Å². The second-order valence-electron chi connectivity index (χ2n) is 5.71. The van der Waals surface area contributed by atoms with Crippen molar-refractivity contribution in [3.63, 3.8) is 0 Å². The molecule has 1 aromatic heterocycles. The summed E-state index contributed by atoms with van der Waals surface area (Å²) in [4.78, 5) is 20.9. The van der Waals surface area contributed by atoms with Crippen molar-refractivity contribution in [2.45, 2.75) is 19.5 Å². The fraction of sp³-hybridized carbons (Fsp3) is 0.150. The minimum atomic E-state index is -0.221. The molecule has 0 aliphatic carbocycles. The van der Waals surface area contributed by atoms with Gasteiger partial charge in [0.05, 0.1) is 6.04 Å². The average Bonchev–Trinajstić information content (AvgIpc) is 2.68. The Morgan fingerprint density at radius 3 is 2.40 bits per heavy atom. The van der Waals surface area contributed by atoms with E-state index in [1.165, 1.54) is 0 Å². The Labute approximate surface area is 147 Å². The normalized spacial score (nSPS) is 11.6. The second kappa shape index (κ2) is 8.06. The Bertz CT molecular complexity index is 821. The van der Waals surface area contributed by atoms with Gasteiger partial charge in [-0.05, 0) is 24.1 Å². The first kappa shape index (κ1) is 16.6. The number of amides is 1. The molecule has 126 valence electrons. The number of rotatable bonds is 6. The molecule has 3 aromatic rings. The van der Waals surface area contributed by atoms with Gasteiger partial charge in [-0.2, -0.15) is 0 Å². The molecule has 25 heavy (non-hydrogen) atoms. The molecule has 0 saturated heterocycles. The van der Waals surface area contributed by atoms with Gasteiger partial charge in [0.2, 0.25) is 5.95 Å². The van der Waals surface area contributed by atoms with Crippen LogP contribution in [0.25, 0.3) is 0 Å². The van der Waals surface area contributed by atoms with Gasteiger partial charge in [-0.3, -0.25) is 4.79 Å². The van der Waals surface area contributed by atoms with Crippen LogP contribution in [-0.2, 0) is 6.54 Å². The maximum Gasteiger partial charge on any atom is 0.270 e. The summed E-state index contributed by atoms with van der Waals surface area (Å²) in [5.41, 5.74) is 2.51. The quantitative estimate of drug-likeness (QED) is 0.724. The fourth-order valence-electron chi connectivity index (χ4n) is 2.44. The predicted octanol–water partition coefficient (Wildman–Crippen LogP) is 3.58. The van der Waals surface area contributed by atoms with Crippen molar-refractivity contribution in [3.05, 3.63) is 89.7 Å². The summed E-state index contributed by atoms with van der Waals surface area (Å²) in [5, 5.41) is 6.10. The van der Waals surface area contributed by atoms with E-state index in [2.05, 4.69) is 20.6 Å². The van der Waals surface area contributed by atoms with Crippen LogP contribution in [-0.4, -0.2) is 15.9 Å². The summed E-state index contributed by atoms with van der Waals surface area (Å²) in [7, 11) is 0. The van der Waals surface area contributed by atoms with E-state index in [0.717, 1.165) is 11.1 Å². The molecular formula is C20H20N4O. The summed E-state index contributed by atoms with van der Waals surface area (Å²) < 4.78 is 0. The smallest absolute Gasteiger partial charge is 0.270 e. The molecule has 2 aromatic carbocycles. The van der Waals surface area contributed by atoms with Crippen LogP contribution in [0.5, 0.6) is 0 Å². The zero-order chi connectivity index (χ0) is 17.5. The van der Waals surface area contributed by atoms with E-state index in [-0.39, 0.29) is 11.9 Å². The minimum Gasteiger partial charge on any atom is -0.350 e. The largest absolute Gasteiger partial charge is 0.350 e. The highest BCUT2D eigenvalue weighted by Gasteiger charge is 2.13. The van der Waals surface area contributed by atoms with Crippen LogP contribution in [0.4, 0.5) is 5.95 Å². The Hall–Kier alpha value is -3.21. The fourth-order valence-corrected chi connectivity index (χ4v) is 2.44. The molecule has 0 radical (unpaired) electrons. The summed E-state index contributed by atoms with van der Waals surface area (Å²) in [5.74, 6) is 0.213. The second-order valence-corrected chi connectivity index (χ2v) is 5.71. The highest BCUT2D eigenvalue weighted by molar-refractivity contribution is 5.92. The molecule has 1 amide bonds. The zero-order valence-electron chi connectivity index (χ0n) is 14.0. The topological polar surface area (TPSA) is 66.9 Å². The number of aromatic nitrogens is 2. The maximum absolute atomic E-state index is 12.4. The van der Waals surface area contributed by atoms with Gasteiger partial charge in [0.1, 0.15) is 5.69 Å². The van der Waals surface area contributed by atoms with E-state index in [0.29, 0.717) is 18.2 Å². The molecule has 1 atom stereocenters. The van der Waals surface area contributed by atoms with Crippen molar-refractivity contribution < 1.29 is 4.79 Å². The number of hydrogen-bond acceptors (Lipinski definition) is 4. The first-order chi connectivity index (χ1) is 12.2. The van der Waals surface area contributed by atoms with E-state index in [9.17, 15) is 4.79 Å². The van der Waals surface area contributed by atoms with Crippen LogP contribution >= 0.6 is 0 Å². The summed E-state index contributed by atoms with van der Waals surface area (Å²) >= 11 is 0. The van der Waals surface area contributed by atoms with Crippen molar-refractivity contribution in [1.29, 1.82) is 0 Å². The Morgan fingerprint density at radius 1 is 1.00 bits per heavy atom. The maximum atomic E-state index is 12.4. The molecule has 0 saturated carbocycles. The van der Waals surface area contributed by atoms with Gasteiger partial charge in [-0.15, -0.1) is 0 Å². The average molecular weight is 332 g/mol. The van der Waals surface area contributed by atoms with Gasteiger partial charge in [0, 0.05) is 12.7 Å². The number of hydrogen-bond donors (Lipinski definition) is 2. The Kier molecular flexibility index (Phi) is 5.36. The number of carbonyl (C=O) groups is 1. The van der Waals surface area contributed by atoms with E-state index in [1.807, 2.05) is 67.6 Å². The molecule has 0 aliphatic heterocycles. The molecule has 3 rings (SSSR count). The van der Waals surface area contributed by atoms with Gasteiger partial charge in [0.15, 0.2) is 0 Å². The lowest BCUT2D eigenvalue weighted by atomic mass is 10.1. The summed E-state index contributed by atoms with van der Waals surface area (Å²) in [6, 6.07) is 21.3. The van der Waals surface area contributed by atoms with Crippen LogP contribution in [0.1, 0.15) is 34.6 Å². The Morgan fingerprint density at radius 2 is 1.68 bits per heavy atom. The number of nitrogens with zero attached hydrogens (tertiary/aromatic N) is 2. The van der Waals surface area contributed by atoms with Crippen LogP contribution in [0, 0.1) is 0 Å². The summed E-state index contributed by atoms with van der Waals surface area (Å²) in [6.45, 7) is 2.55. The highest BCUT2D eigenvalue weighted by Crippen LogP contribution is 2.12. The van der Waals surface area contributed by atoms with E-state index in [1.54, 1.807) is 12.3 Å². The van der Waals surface area contributed by atoms with Crippen LogP contribution in [0.2, 0.25) is 0 Å². The predicted molar refractivity (Wildman–Crippen MR) is 98.1 cm³/mol. The van der Waals surface area contributed by atoms with Crippen molar-refractivity contribution in [3.8, 4) is 0 Å². The molecule has 1 unspecified atom stereocenters. The van der Waals surface area contributed by atoms with Crippen molar-refractivity contribution in [1.82, 2.24) is 15.3 Å². The minimum absolute atomic E-state index is 0.0932. The van der Waals surface area contributed by atoms with Gasteiger partial charge in [0.25, 0.3) is 5.91 Å². The Balaban J connectivity index is 1.63. The monoisotopic (exact) mass is 332 g/mol. The lowest BCUT2D eigenvalue weighted by Gasteiger charge is -2.14. The number of carbonyl (C=O) groups excluding carboxylic acids is 1. The number of nitrogens with one attached hydrogen (secondary N) is 2. The molecule has 0 aliphatic rings. The first-order valence-corrected chi connectivity index (χ1v) is 8.19. The molecule has 5 nitrogen and oxygen atoms in total. The molecule has 1 heterocycles. The van der Waals surface area contributed by atoms with Crippen LogP contribution < -0.4 is 10.6 Å². The summed E-state index contributed by atoms with van der Waals surface area (Å²) in [6.07, 6.45) is 1.59. The van der Waals surface area contributed by atoms with Crippen LogP contribution in [0.15, 0.2) is 72.9 Å². The van der Waals surface area contributed by atoms with Crippen molar-refractivity contribution >= 4 is 11.9 Å². The lowest BCUT2D eigenvalue weighted by Crippen LogP contribution is -2.27. The molecule has 2 N–H and O–H groups in total. The molecule has 5 heteroatoms. The standard InChI is InChI=1S/C20H20N4O/c1-15(17-10-6-3-7-11-17)23-19(25)18-12-13-21-20(24-18)22-14-16-8-4-2-5-9-16/h2-13,15H,14H2,1H3,(H,23,25)(H,21,22,24). The van der Waals surface area contributed by atoms with Gasteiger partial charge >= 0.3 is 0 Å². The third kappa shape index (κ3) is 4.64. The first-order valence-electron chi connectivity index (χ1n) is 8.19. The van der Waals surface area contributed by atoms with Crippen molar-refractivity contribution in [2.24, 2.45) is 0 Å². The molecule has 0 fully saturated rings. The van der Waals surface area contributed by atoms with Gasteiger partial charge in [-0.25, -0.2) is 9.97 Å². The number of benzene rings is 2. The third-order valence-corrected chi connectivity index (χ3v) is 3.83. The van der Waals surface area contributed by atoms with Gasteiger partial charge < -0.3 is 10.6 Å². The number of anilines is 1. The van der Waals surface area contributed by atoms with E-state index >= 15 is 0 Å². The third-order valence-electron chi connectivity index (χ3n) is 3.83. The molecule has 0 bridgehead atoms. The van der Waals surface area contributed by atoms with Crippen molar-refractivity contribution in [2.75, 3.05) is 5.32 Å². The van der Waals surface area contributed by atoms with E-state index < -0.39 is 0 Å².